The predicted molar refractivity (Wildman–Crippen MR) is 98.8 cm³/mol. The molecule has 1 aliphatic rings. The number of nitrogens with zero attached hydrogens (tertiary/aromatic N) is 1. The Balaban J connectivity index is 1.84. The number of carbonyl (C=O) groups excluding carboxylic acids is 3. The summed E-state index contributed by atoms with van der Waals surface area (Å²) in [7, 11) is 0. The number of anilines is 1. The van der Waals surface area contributed by atoms with Crippen molar-refractivity contribution >= 4 is 39.3 Å². The second kappa shape index (κ2) is 7.19. The molecule has 0 saturated heterocycles. The first kappa shape index (κ1) is 17.4. The van der Waals surface area contributed by atoms with Crippen LogP contribution in [0.4, 0.5) is 5.69 Å². The van der Waals surface area contributed by atoms with Gasteiger partial charge < -0.3 is 5.32 Å². The normalized spacial score (nSPS) is 13.1. The first-order chi connectivity index (χ1) is 12.0. The molecule has 1 N–H and O–H groups in total. The van der Waals surface area contributed by atoms with E-state index in [1.807, 2.05) is 25.1 Å². The average Bonchev–Trinajstić information content (AvgIpc) is 2.85. The van der Waals surface area contributed by atoms with Gasteiger partial charge in [0, 0.05) is 16.6 Å². The van der Waals surface area contributed by atoms with Gasteiger partial charge in [0.05, 0.1) is 16.8 Å². The van der Waals surface area contributed by atoms with Gasteiger partial charge in [0.15, 0.2) is 0 Å². The highest BCUT2D eigenvalue weighted by Gasteiger charge is 2.35. The Bertz CT molecular complexity index is 863. The van der Waals surface area contributed by atoms with Crippen molar-refractivity contribution in [2.45, 2.75) is 19.8 Å². The Morgan fingerprint density at radius 2 is 1.80 bits per heavy atom. The molecule has 0 spiro atoms. The smallest absolute Gasteiger partial charge is 0.261 e. The van der Waals surface area contributed by atoms with E-state index in [2.05, 4.69) is 21.2 Å². The molecule has 5 nitrogen and oxygen atoms in total. The van der Waals surface area contributed by atoms with Crippen LogP contribution < -0.4 is 5.32 Å². The Hall–Kier alpha value is -2.47. The molecule has 2 aromatic carbocycles. The molecule has 0 fully saturated rings. The number of nitrogens with one attached hydrogen (secondary N) is 1. The molecule has 3 rings (SSSR count). The molecule has 1 heterocycles. The summed E-state index contributed by atoms with van der Waals surface area (Å²) in [6, 6.07) is 11.9. The number of hydrogen-bond acceptors (Lipinski definition) is 3. The van der Waals surface area contributed by atoms with E-state index in [-0.39, 0.29) is 17.7 Å². The van der Waals surface area contributed by atoms with E-state index in [9.17, 15) is 14.4 Å². The Morgan fingerprint density at radius 3 is 2.52 bits per heavy atom. The van der Waals surface area contributed by atoms with Crippen LogP contribution >= 0.6 is 15.9 Å². The van der Waals surface area contributed by atoms with E-state index in [0.717, 1.165) is 17.3 Å². The molecule has 6 heteroatoms. The minimum absolute atomic E-state index is 0.286. The summed E-state index contributed by atoms with van der Waals surface area (Å²) in [6.07, 6.45) is 1.66. The number of carbonyl (C=O) groups is 3. The molecule has 0 saturated carbocycles. The lowest BCUT2D eigenvalue weighted by atomic mass is 10.1. The lowest BCUT2D eigenvalue weighted by Crippen LogP contribution is -2.30. The van der Waals surface area contributed by atoms with Crippen LogP contribution in [0, 0.1) is 0 Å². The van der Waals surface area contributed by atoms with Crippen LogP contribution in [0.5, 0.6) is 0 Å². The Morgan fingerprint density at radius 1 is 1.08 bits per heavy atom. The van der Waals surface area contributed by atoms with Gasteiger partial charge >= 0.3 is 0 Å². The van der Waals surface area contributed by atoms with Gasteiger partial charge in [0.25, 0.3) is 17.7 Å². The number of hydrogen-bond donors (Lipinski definition) is 1. The van der Waals surface area contributed by atoms with Gasteiger partial charge in [-0.25, -0.2) is 0 Å². The largest absolute Gasteiger partial charge is 0.321 e. The van der Waals surface area contributed by atoms with Crippen molar-refractivity contribution in [3.8, 4) is 0 Å². The average molecular weight is 401 g/mol. The number of para-hydroxylation sites is 1. The van der Waals surface area contributed by atoms with Crippen molar-refractivity contribution in [3.05, 3.63) is 63.6 Å². The summed E-state index contributed by atoms with van der Waals surface area (Å²) in [6.45, 7) is 2.41. The second-order valence-electron chi connectivity index (χ2n) is 5.81. The highest BCUT2D eigenvalue weighted by atomic mass is 79.9. The van der Waals surface area contributed by atoms with Crippen molar-refractivity contribution in [1.29, 1.82) is 0 Å². The van der Waals surface area contributed by atoms with Crippen LogP contribution in [0.3, 0.4) is 0 Å². The monoisotopic (exact) mass is 400 g/mol. The molecule has 0 radical (unpaired) electrons. The molecule has 0 unspecified atom stereocenters. The fourth-order valence-electron chi connectivity index (χ4n) is 2.71. The second-order valence-corrected chi connectivity index (χ2v) is 6.66. The zero-order valence-electron chi connectivity index (χ0n) is 13.7. The van der Waals surface area contributed by atoms with Crippen LogP contribution in [-0.4, -0.2) is 29.2 Å². The lowest BCUT2D eigenvalue weighted by Gasteiger charge is -2.12. The zero-order valence-corrected chi connectivity index (χ0v) is 15.3. The Labute approximate surface area is 154 Å². The lowest BCUT2D eigenvalue weighted by molar-refractivity contribution is 0.0652. The third-order valence-corrected chi connectivity index (χ3v) is 4.78. The van der Waals surface area contributed by atoms with Gasteiger partial charge in [0.2, 0.25) is 0 Å². The summed E-state index contributed by atoms with van der Waals surface area (Å²) in [5.74, 6) is -0.947. The predicted octanol–water partition coefficient (Wildman–Crippen LogP) is 4.10. The van der Waals surface area contributed by atoms with Crippen LogP contribution in [-0.2, 0) is 0 Å². The van der Waals surface area contributed by atoms with Gasteiger partial charge in [-0.3, -0.25) is 19.3 Å². The number of benzene rings is 2. The summed E-state index contributed by atoms with van der Waals surface area (Å²) in [4.78, 5) is 38.5. The van der Waals surface area contributed by atoms with Crippen molar-refractivity contribution in [2.75, 3.05) is 11.9 Å². The first-order valence-electron chi connectivity index (χ1n) is 8.09. The minimum atomic E-state index is -0.332. The number of halogens is 1. The molecule has 2 aromatic rings. The standard InChI is InChI=1S/C19H17BrN2O3/c1-2-3-10-22-18(24)13-9-8-12(11-14(13)19(22)25)17(23)21-16-7-5-4-6-15(16)20/h4-9,11H,2-3,10H2,1H3,(H,21,23). The van der Waals surface area contributed by atoms with E-state index < -0.39 is 0 Å². The Kier molecular flexibility index (Phi) is 4.99. The van der Waals surface area contributed by atoms with Crippen LogP contribution in [0.2, 0.25) is 0 Å². The number of unbranched alkanes of at least 4 members (excludes halogenated alkanes) is 1. The van der Waals surface area contributed by atoms with Crippen molar-refractivity contribution in [3.63, 3.8) is 0 Å². The van der Waals surface area contributed by atoms with Gasteiger partial charge in [-0.1, -0.05) is 25.5 Å². The van der Waals surface area contributed by atoms with E-state index in [1.165, 1.54) is 11.0 Å². The topological polar surface area (TPSA) is 66.5 Å². The molecule has 0 aliphatic carbocycles. The highest BCUT2D eigenvalue weighted by Crippen LogP contribution is 2.26. The summed E-state index contributed by atoms with van der Waals surface area (Å²) < 4.78 is 0.765. The van der Waals surface area contributed by atoms with Crippen LogP contribution in [0.25, 0.3) is 0 Å². The fraction of sp³-hybridized carbons (Fsp3) is 0.211. The molecule has 0 aromatic heterocycles. The highest BCUT2D eigenvalue weighted by molar-refractivity contribution is 9.10. The molecule has 1 aliphatic heterocycles. The first-order valence-corrected chi connectivity index (χ1v) is 8.88. The van der Waals surface area contributed by atoms with E-state index in [4.69, 9.17) is 0 Å². The van der Waals surface area contributed by atoms with E-state index in [0.29, 0.717) is 28.9 Å². The molecule has 3 amide bonds. The van der Waals surface area contributed by atoms with E-state index in [1.54, 1.807) is 18.2 Å². The van der Waals surface area contributed by atoms with Gasteiger partial charge in [0.1, 0.15) is 0 Å². The van der Waals surface area contributed by atoms with Crippen molar-refractivity contribution in [1.82, 2.24) is 4.90 Å². The van der Waals surface area contributed by atoms with Crippen LogP contribution in [0.1, 0.15) is 50.8 Å². The van der Waals surface area contributed by atoms with Crippen molar-refractivity contribution in [2.24, 2.45) is 0 Å². The number of rotatable bonds is 5. The third-order valence-electron chi connectivity index (χ3n) is 4.09. The molecule has 25 heavy (non-hydrogen) atoms. The summed E-state index contributed by atoms with van der Waals surface area (Å²) in [5, 5.41) is 2.79. The maximum absolute atomic E-state index is 12.5. The maximum Gasteiger partial charge on any atom is 0.261 e. The molecule has 0 atom stereocenters. The number of imide groups is 1. The quantitative estimate of drug-likeness (QED) is 0.768. The summed E-state index contributed by atoms with van der Waals surface area (Å²) >= 11 is 3.38. The SMILES string of the molecule is CCCCN1C(=O)c2ccc(C(=O)Nc3ccccc3Br)cc2C1=O. The molecular formula is C19H17BrN2O3. The fourth-order valence-corrected chi connectivity index (χ4v) is 3.09. The summed E-state index contributed by atoms with van der Waals surface area (Å²) in [5.41, 5.74) is 1.63. The molecule has 0 bridgehead atoms. The van der Waals surface area contributed by atoms with E-state index >= 15 is 0 Å². The maximum atomic E-state index is 12.5. The number of amides is 3. The van der Waals surface area contributed by atoms with Crippen molar-refractivity contribution < 1.29 is 14.4 Å². The molecule has 128 valence electrons. The molecular weight excluding hydrogens is 384 g/mol. The third kappa shape index (κ3) is 3.35. The minimum Gasteiger partial charge on any atom is -0.321 e. The number of fused-ring (bicyclic) bond motifs is 1. The van der Waals surface area contributed by atoms with Gasteiger partial charge in [-0.15, -0.1) is 0 Å². The van der Waals surface area contributed by atoms with Gasteiger partial charge in [-0.2, -0.15) is 0 Å². The van der Waals surface area contributed by atoms with Gasteiger partial charge in [-0.05, 0) is 52.7 Å². The van der Waals surface area contributed by atoms with Crippen LogP contribution in [0.15, 0.2) is 46.9 Å². The zero-order chi connectivity index (χ0) is 18.0.